The van der Waals surface area contributed by atoms with Crippen LogP contribution in [-0.4, -0.2) is 28.2 Å². The van der Waals surface area contributed by atoms with Gasteiger partial charge in [-0.05, 0) is 19.3 Å². The number of rotatable bonds is 2. The highest BCUT2D eigenvalue weighted by Gasteiger charge is 2.17. The second-order valence-corrected chi connectivity index (χ2v) is 3.74. The largest absolute Gasteiger partial charge is 0.493 e. The van der Waals surface area contributed by atoms with Crippen LogP contribution in [-0.2, 0) is 6.42 Å². The molecule has 1 saturated heterocycles. The number of hydrogen-bond donors (Lipinski definition) is 2. The van der Waals surface area contributed by atoms with Crippen LogP contribution < -0.4 is 10.5 Å². The Hall–Kier alpha value is -1.52. The molecule has 0 aromatic carbocycles. The predicted octanol–water partition coefficient (Wildman–Crippen LogP) is 0.638. The first-order valence-electron chi connectivity index (χ1n) is 5.29. The van der Waals surface area contributed by atoms with Crippen molar-refractivity contribution in [1.29, 1.82) is 0 Å². The highest BCUT2D eigenvalue weighted by molar-refractivity contribution is 5.36. The van der Waals surface area contributed by atoms with Gasteiger partial charge in [0, 0.05) is 13.1 Å². The molecule has 2 rings (SSSR count). The second-order valence-electron chi connectivity index (χ2n) is 3.74. The van der Waals surface area contributed by atoms with E-state index in [1.165, 1.54) is 0 Å². The van der Waals surface area contributed by atoms with Gasteiger partial charge in [0.1, 0.15) is 0 Å². The smallest absolute Gasteiger partial charge is 0.259 e. The maximum absolute atomic E-state index is 11.6. The summed E-state index contributed by atoms with van der Waals surface area (Å²) in [4.78, 5) is 20.3. The first kappa shape index (κ1) is 10.0. The van der Waals surface area contributed by atoms with Crippen molar-refractivity contribution in [2.45, 2.75) is 26.2 Å². The van der Waals surface area contributed by atoms with Crippen LogP contribution in [0.2, 0.25) is 0 Å². The van der Waals surface area contributed by atoms with Crippen molar-refractivity contribution in [3.05, 3.63) is 15.9 Å². The van der Waals surface area contributed by atoms with E-state index in [0.717, 1.165) is 25.9 Å². The Kier molecular flexibility index (Phi) is 2.62. The number of H-pyrrole nitrogens is 1. The van der Waals surface area contributed by atoms with Gasteiger partial charge in [-0.15, -0.1) is 0 Å². The lowest BCUT2D eigenvalue weighted by Gasteiger charge is -2.15. The van der Waals surface area contributed by atoms with Crippen molar-refractivity contribution in [1.82, 2.24) is 9.97 Å². The monoisotopic (exact) mass is 209 g/mol. The Labute approximate surface area is 87.8 Å². The van der Waals surface area contributed by atoms with E-state index in [9.17, 15) is 9.90 Å². The summed E-state index contributed by atoms with van der Waals surface area (Å²) < 4.78 is 0. The molecular formula is C10H15N3O2. The molecule has 2 N–H and O–H groups in total. The quantitative estimate of drug-likeness (QED) is 0.750. The normalized spacial score (nSPS) is 15.9. The minimum Gasteiger partial charge on any atom is -0.493 e. The van der Waals surface area contributed by atoms with E-state index in [-0.39, 0.29) is 11.4 Å². The summed E-state index contributed by atoms with van der Waals surface area (Å²) in [6.45, 7) is 3.61. The topological polar surface area (TPSA) is 69.2 Å². The van der Waals surface area contributed by atoms with Gasteiger partial charge >= 0.3 is 0 Å². The standard InChI is InChI=1S/C10H15N3O2/c1-2-7-8(14)11-10(12-9(7)15)13-5-3-4-6-13/h2-6H2,1H3,(H2,11,12,14,15). The van der Waals surface area contributed by atoms with Crippen LogP contribution in [0, 0.1) is 0 Å². The average molecular weight is 209 g/mol. The predicted molar refractivity (Wildman–Crippen MR) is 57.3 cm³/mol. The van der Waals surface area contributed by atoms with Crippen LogP contribution >= 0.6 is 0 Å². The third-order valence-corrected chi connectivity index (χ3v) is 2.74. The van der Waals surface area contributed by atoms with E-state index in [1.807, 2.05) is 11.8 Å². The van der Waals surface area contributed by atoms with Gasteiger partial charge in [-0.1, -0.05) is 6.92 Å². The highest BCUT2D eigenvalue weighted by atomic mass is 16.3. The summed E-state index contributed by atoms with van der Waals surface area (Å²) >= 11 is 0. The van der Waals surface area contributed by atoms with Crippen LogP contribution in [0.4, 0.5) is 5.95 Å². The number of aromatic amines is 1. The fourth-order valence-corrected chi connectivity index (χ4v) is 1.87. The average Bonchev–Trinajstić information content (AvgIpc) is 2.69. The van der Waals surface area contributed by atoms with Crippen LogP contribution in [0.25, 0.3) is 0 Å². The summed E-state index contributed by atoms with van der Waals surface area (Å²) in [6.07, 6.45) is 2.72. The van der Waals surface area contributed by atoms with E-state index in [0.29, 0.717) is 17.9 Å². The lowest BCUT2D eigenvalue weighted by Crippen LogP contribution is -2.25. The summed E-state index contributed by atoms with van der Waals surface area (Å²) in [5.74, 6) is 0.357. The molecule has 0 radical (unpaired) electrons. The van der Waals surface area contributed by atoms with Crippen molar-refractivity contribution < 1.29 is 5.11 Å². The Bertz CT molecular complexity index is 408. The molecule has 0 aliphatic carbocycles. The molecule has 0 unspecified atom stereocenters. The molecule has 1 aromatic heterocycles. The van der Waals surface area contributed by atoms with Crippen molar-refractivity contribution in [2.75, 3.05) is 18.0 Å². The zero-order valence-electron chi connectivity index (χ0n) is 8.79. The summed E-state index contributed by atoms with van der Waals surface area (Å²) in [5.41, 5.74) is 0.129. The number of aromatic nitrogens is 2. The van der Waals surface area contributed by atoms with Gasteiger partial charge in [0.05, 0.1) is 5.56 Å². The lowest BCUT2D eigenvalue weighted by molar-refractivity contribution is 0.443. The van der Waals surface area contributed by atoms with E-state index >= 15 is 0 Å². The Morgan fingerprint density at radius 2 is 2.13 bits per heavy atom. The Morgan fingerprint density at radius 3 is 2.67 bits per heavy atom. The van der Waals surface area contributed by atoms with Crippen LogP contribution in [0.15, 0.2) is 4.79 Å². The molecule has 5 heteroatoms. The molecule has 0 amide bonds. The first-order chi connectivity index (χ1) is 7.22. The molecule has 0 saturated carbocycles. The molecule has 5 nitrogen and oxygen atoms in total. The minimum atomic E-state index is -0.230. The van der Waals surface area contributed by atoms with Crippen molar-refractivity contribution in [3.63, 3.8) is 0 Å². The summed E-state index contributed by atoms with van der Waals surface area (Å²) in [7, 11) is 0. The molecule has 1 aliphatic heterocycles. The van der Waals surface area contributed by atoms with Gasteiger partial charge in [0.25, 0.3) is 5.56 Å². The Balaban J connectivity index is 2.38. The fourth-order valence-electron chi connectivity index (χ4n) is 1.87. The highest BCUT2D eigenvalue weighted by Crippen LogP contribution is 2.18. The number of nitrogens with zero attached hydrogens (tertiary/aromatic N) is 2. The molecule has 15 heavy (non-hydrogen) atoms. The molecule has 0 bridgehead atoms. The summed E-state index contributed by atoms with van der Waals surface area (Å²) in [6, 6.07) is 0. The summed E-state index contributed by atoms with van der Waals surface area (Å²) in [5, 5.41) is 9.57. The van der Waals surface area contributed by atoms with E-state index in [4.69, 9.17) is 0 Å². The van der Waals surface area contributed by atoms with E-state index < -0.39 is 0 Å². The molecule has 2 heterocycles. The van der Waals surface area contributed by atoms with Crippen LogP contribution in [0.5, 0.6) is 5.88 Å². The van der Waals surface area contributed by atoms with Gasteiger partial charge in [-0.2, -0.15) is 4.98 Å². The molecular weight excluding hydrogens is 194 g/mol. The van der Waals surface area contributed by atoms with Gasteiger partial charge < -0.3 is 10.0 Å². The van der Waals surface area contributed by atoms with Crippen LogP contribution in [0.1, 0.15) is 25.3 Å². The van der Waals surface area contributed by atoms with Gasteiger partial charge in [-0.25, -0.2) is 0 Å². The molecule has 1 aromatic rings. The van der Waals surface area contributed by atoms with Gasteiger partial charge in [-0.3, -0.25) is 9.78 Å². The number of aromatic hydroxyl groups is 1. The van der Waals surface area contributed by atoms with Gasteiger partial charge in [0.15, 0.2) is 0 Å². The zero-order valence-corrected chi connectivity index (χ0v) is 8.79. The van der Waals surface area contributed by atoms with Crippen molar-refractivity contribution in [3.8, 4) is 5.88 Å². The third-order valence-electron chi connectivity index (χ3n) is 2.74. The number of anilines is 1. The first-order valence-corrected chi connectivity index (χ1v) is 5.29. The number of nitrogens with one attached hydrogen (secondary N) is 1. The number of hydrogen-bond acceptors (Lipinski definition) is 4. The molecule has 82 valence electrons. The van der Waals surface area contributed by atoms with Gasteiger partial charge in [0.2, 0.25) is 11.8 Å². The zero-order chi connectivity index (χ0) is 10.8. The molecule has 0 atom stereocenters. The maximum Gasteiger partial charge on any atom is 0.259 e. The fraction of sp³-hybridized carbons (Fsp3) is 0.600. The SMILES string of the molecule is CCc1c(O)nc(N2CCCC2)[nH]c1=O. The maximum atomic E-state index is 11.6. The minimum absolute atomic E-state index is 0.136. The van der Waals surface area contributed by atoms with E-state index in [2.05, 4.69) is 9.97 Å². The lowest BCUT2D eigenvalue weighted by atomic mass is 10.2. The third kappa shape index (κ3) is 1.82. The second kappa shape index (κ2) is 3.92. The molecule has 1 aliphatic rings. The van der Waals surface area contributed by atoms with Crippen LogP contribution in [0.3, 0.4) is 0 Å². The Morgan fingerprint density at radius 1 is 1.47 bits per heavy atom. The van der Waals surface area contributed by atoms with E-state index in [1.54, 1.807) is 0 Å². The molecule has 0 spiro atoms. The van der Waals surface area contributed by atoms with Crippen molar-refractivity contribution >= 4 is 5.95 Å². The molecule has 1 fully saturated rings. The van der Waals surface area contributed by atoms with Crippen molar-refractivity contribution in [2.24, 2.45) is 0 Å².